The summed E-state index contributed by atoms with van der Waals surface area (Å²) < 4.78 is 36.2. The molecule has 0 aliphatic carbocycles. The molecule has 0 aromatic heterocycles. The van der Waals surface area contributed by atoms with Crippen LogP contribution in [0, 0.1) is 28.4 Å². The standard InChI is InChI=1S/C24H20N2O6S/c1-3-31-24-15-18(14-20(16-25)19-7-9-21(10-8-19)26(27)28)6-13-23(24)32-33(29,30)22-11-4-17(2)5-12-22/h4-15H,3H2,1-2H3/b20-14+. The molecule has 0 heterocycles. The van der Waals surface area contributed by atoms with Crippen LogP contribution in [0.4, 0.5) is 5.69 Å². The predicted octanol–water partition coefficient (Wildman–Crippen LogP) is 5.13. The Labute approximate surface area is 191 Å². The molecule has 0 aliphatic heterocycles. The van der Waals surface area contributed by atoms with Crippen molar-refractivity contribution in [2.75, 3.05) is 6.61 Å². The molecule has 0 unspecified atom stereocenters. The van der Waals surface area contributed by atoms with E-state index in [9.17, 15) is 23.8 Å². The van der Waals surface area contributed by atoms with Gasteiger partial charge in [0.15, 0.2) is 11.5 Å². The Morgan fingerprint density at radius 1 is 1.06 bits per heavy atom. The van der Waals surface area contributed by atoms with Crippen molar-refractivity contribution in [3.8, 4) is 17.6 Å². The Morgan fingerprint density at radius 2 is 1.73 bits per heavy atom. The Kier molecular flexibility index (Phi) is 7.10. The molecule has 0 bridgehead atoms. The molecule has 0 fully saturated rings. The molecule has 0 saturated heterocycles. The second kappa shape index (κ2) is 9.97. The molecule has 33 heavy (non-hydrogen) atoms. The first-order chi connectivity index (χ1) is 15.7. The maximum absolute atomic E-state index is 12.7. The number of nitrogens with zero attached hydrogens (tertiary/aromatic N) is 2. The van der Waals surface area contributed by atoms with Crippen molar-refractivity contribution in [3.05, 3.63) is 93.5 Å². The molecule has 3 rings (SSSR count). The second-order valence-corrected chi connectivity index (χ2v) is 8.51. The van der Waals surface area contributed by atoms with Gasteiger partial charge in [0.05, 0.1) is 23.2 Å². The Bertz CT molecular complexity index is 1340. The minimum absolute atomic E-state index is 0.0171. The lowest BCUT2D eigenvalue weighted by Crippen LogP contribution is -2.10. The largest absolute Gasteiger partial charge is 0.490 e. The summed E-state index contributed by atoms with van der Waals surface area (Å²) in [6.45, 7) is 3.86. The predicted molar refractivity (Wildman–Crippen MR) is 123 cm³/mol. The van der Waals surface area contributed by atoms with E-state index in [-0.39, 0.29) is 34.3 Å². The molecule has 3 aromatic rings. The molecule has 0 radical (unpaired) electrons. The van der Waals surface area contributed by atoms with E-state index in [1.165, 1.54) is 42.5 Å². The van der Waals surface area contributed by atoms with Gasteiger partial charge >= 0.3 is 10.1 Å². The van der Waals surface area contributed by atoms with E-state index in [0.717, 1.165) is 5.56 Å². The van der Waals surface area contributed by atoms with Gasteiger partial charge in [0, 0.05) is 12.1 Å². The average molecular weight is 464 g/mol. The fourth-order valence-electron chi connectivity index (χ4n) is 2.93. The molecule has 168 valence electrons. The number of nitro benzene ring substituents is 1. The van der Waals surface area contributed by atoms with Crippen LogP contribution < -0.4 is 8.92 Å². The van der Waals surface area contributed by atoms with Crippen LogP contribution in [0.25, 0.3) is 11.6 Å². The van der Waals surface area contributed by atoms with Crippen LogP contribution in [-0.2, 0) is 10.1 Å². The molecular weight excluding hydrogens is 444 g/mol. The van der Waals surface area contributed by atoms with Gasteiger partial charge in [-0.25, -0.2) is 0 Å². The maximum Gasteiger partial charge on any atom is 0.339 e. The number of ether oxygens (including phenoxy) is 1. The highest BCUT2D eigenvalue weighted by atomic mass is 32.2. The molecule has 3 aromatic carbocycles. The third kappa shape index (κ3) is 5.75. The third-order valence-electron chi connectivity index (χ3n) is 4.60. The zero-order valence-corrected chi connectivity index (χ0v) is 18.7. The van der Waals surface area contributed by atoms with Gasteiger partial charge in [0.25, 0.3) is 5.69 Å². The number of non-ortho nitro benzene ring substituents is 1. The van der Waals surface area contributed by atoms with Gasteiger partial charge < -0.3 is 8.92 Å². The van der Waals surface area contributed by atoms with Crippen molar-refractivity contribution in [1.82, 2.24) is 0 Å². The van der Waals surface area contributed by atoms with Gasteiger partial charge in [-0.05, 0) is 67.4 Å². The number of allylic oxidation sites excluding steroid dienone is 1. The van der Waals surface area contributed by atoms with Crippen LogP contribution in [-0.4, -0.2) is 19.9 Å². The first-order valence-electron chi connectivity index (χ1n) is 9.88. The summed E-state index contributed by atoms with van der Waals surface area (Å²) in [7, 11) is -4.07. The molecule has 0 atom stereocenters. The molecule has 8 nitrogen and oxygen atoms in total. The number of nitriles is 1. The summed E-state index contributed by atoms with van der Waals surface area (Å²) >= 11 is 0. The summed E-state index contributed by atoms with van der Waals surface area (Å²) in [5, 5.41) is 20.4. The van der Waals surface area contributed by atoms with E-state index in [2.05, 4.69) is 6.07 Å². The van der Waals surface area contributed by atoms with Crippen molar-refractivity contribution in [2.24, 2.45) is 0 Å². The minimum atomic E-state index is -4.07. The fraction of sp³-hybridized carbons (Fsp3) is 0.125. The highest BCUT2D eigenvalue weighted by Crippen LogP contribution is 2.32. The SMILES string of the molecule is CCOc1cc(/C=C(\C#N)c2ccc([N+](=O)[O-])cc2)ccc1OS(=O)(=O)c1ccc(C)cc1. The molecule has 0 aliphatic rings. The summed E-state index contributed by atoms with van der Waals surface area (Å²) in [6, 6.07) is 18.6. The van der Waals surface area contributed by atoms with Gasteiger partial charge in [-0.15, -0.1) is 0 Å². The van der Waals surface area contributed by atoms with Crippen molar-refractivity contribution < 1.29 is 22.3 Å². The summed E-state index contributed by atoms with van der Waals surface area (Å²) in [6.07, 6.45) is 1.57. The lowest BCUT2D eigenvalue weighted by Gasteiger charge is -2.13. The van der Waals surface area contributed by atoms with Gasteiger partial charge in [0.2, 0.25) is 0 Å². The Morgan fingerprint density at radius 3 is 2.30 bits per heavy atom. The average Bonchev–Trinajstić information content (AvgIpc) is 2.79. The van der Waals surface area contributed by atoms with Crippen LogP contribution >= 0.6 is 0 Å². The lowest BCUT2D eigenvalue weighted by molar-refractivity contribution is -0.384. The van der Waals surface area contributed by atoms with E-state index in [0.29, 0.717) is 11.1 Å². The first kappa shape index (κ1) is 23.5. The van der Waals surface area contributed by atoms with E-state index >= 15 is 0 Å². The number of nitro groups is 1. The van der Waals surface area contributed by atoms with Crippen LogP contribution in [0.1, 0.15) is 23.6 Å². The van der Waals surface area contributed by atoms with Crippen molar-refractivity contribution in [2.45, 2.75) is 18.7 Å². The smallest absolute Gasteiger partial charge is 0.339 e. The van der Waals surface area contributed by atoms with E-state index in [1.807, 2.05) is 6.92 Å². The minimum Gasteiger partial charge on any atom is -0.490 e. The molecule has 0 spiro atoms. The van der Waals surface area contributed by atoms with Gasteiger partial charge in [-0.2, -0.15) is 13.7 Å². The summed E-state index contributed by atoms with van der Waals surface area (Å²) in [4.78, 5) is 10.3. The van der Waals surface area contributed by atoms with E-state index in [1.54, 1.807) is 37.3 Å². The molecule has 0 amide bonds. The first-order valence-corrected chi connectivity index (χ1v) is 11.3. The zero-order valence-electron chi connectivity index (χ0n) is 17.9. The van der Waals surface area contributed by atoms with Crippen LogP contribution in [0.5, 0.6) is 11.5 Å². The maximum atomic E-state index is 12.7. The number of aryl methyl sites for hydroxylation is 1. The fourth-order valence-corrected chi connectivity index (χ4v) is 3.87. The molecular formula is C24H20N2O6S. The van der Waals surface area contributed by atoms with E-state index < -0.39 is 15.0 Å². The van der Waals surface area contributed by atoms with Crippen molar-refractivity contribution in [3.63, 3.8) is 0 Å². The molecule has 0 saturated carbocycles. The van der Waals surface area contributed by atoms with Gasteiger partial charge in [-0.3, -0.25) is 10.1 Å². The van der Waals surface area contributed by atoms with Gasteiger partial charge in [0.1, 0.15) is 4.90 Å². The number of hydrogen-bond donors (Lipinski definition) is 0. The van der Waals surface area contributed by atoms with E-state index in [4.69, 9.17) is 8.92 Å². The lowest BCUT2D eigenvalue weighted by atomic mass is 10.0. The van der Waals surface area contributed by atoms with Crippen LogP contribution in [0.3, 0.4) is 0 Å². The van der Waals surface area contributed by atoms with Crippen molar-refractivity contribution in [1.29, 1.82) is 5.26 Å². The second-order valence-electron chi connectivity index (χ2n) is 6.96. The normalized spacial score (nSPS) is 11.5. The monoisotopic (exact) mass is 464 g/mol. The highest BCUT2D eigenvalue weighted by Gasteiger charge is 2.19. The third-order valence-corrected chi connectivity index (χ3v) is 5.85. The molecule has 9 heteroatoms. The molecule has 0 N–H and O–H groups in total. The Balaban J connectivity index is 1.93. The van der Waals surface area contributed by atoms with Crippen LogP contribution in [0.15, 0.2) is 71.6 Å². The summed E-state index contributed by atoms with van der Waals surface area (Å²) in [5.74, 6) is 0.214. The van der Waals surface area contributed by atoms with Crippen LogP contribution in [0.2, 0.25) is 0 Å². The Hall–Kier alpha value is -4.16. The number of benzene rings is 3. The highest BCUT2D eigenvalue weighted by molar-refractivity contribution is 7.87. The number of rotatable bonds is 8. The van der Waals surface area contributed by atoms with Crippen molar-refractivity contribution >= 4 is 27.5 Å². The number of hydrogen-bond acceptors (Lipinski definition) is 7. The topological polar surface area (TPSA) is 120 Å². The quantitative estimate of drug-likeness (QED) is 0.149. The van der Waals surface area contributed by atoms with Gasteiger partial charge in [-0.1, -0.05) is 23.8 Å². The summed E-state index contributed by atoms with van der Waals surface area (Å²) in [5.41, 5.74) is 2.18. The zero-order chi connectivity index (χ0) is 24.0.